The molecule has 0 aromatic heterocycles. The van der Waals surface area contributed by atoms with E-state index in [1.54, 1.807) is 6.07 Å². The number of hydrogen-bond acceptors (Lipinski definition) is 4. The summed E-state index contributed by atoms with van der Waals surface area (Å²) in [5.74, 6) is -0.307. The first kappa shape index (κ1) is 21.5. The average Bonchev–Trinajstić information content (AvgIpc) is 2.63. The summed E-state index contributed by atoms with van der Waals surface area (Å²) in [7, 11) is 0. The van der Waals surface area contributed by atoms with Crippen LogP contribution in [0.3, 0.4) is 0 Å². The van der Waals surface area contributed by atoms with Gasteiger partial charge in [-0.15, -0.1) is 0 Å². The summed E-state index contributed by atoms with van der Waals surface area (Å²) in [5, 5.41) is 13.9. The second kappa shape index (κ2) is 8.50. The van der Waals surface area contributed by atoms with E-state index in [-0.39, 0.29) is 23.8 Å². The van der Waals surface area contributed by atoms with Gasteiger partial charge in [0.15, 0.2) is 0 Å². The summed E-state index contributed by atoms with van der Waals surface area (Å²) < 4.78 is 5.97. The van der Waals surface area contributed by atoms with Gasteiger partial charge in [0, 0.05) is 11.9 Å². The number of aryl methyl sites for hydroxylation is 1. The number of carbonyl (C=O) groups excluding carboxylic acids is 1. The molecule has 0 bridgehead atoms. The fraction of sp³-hybridized carbons (Fsp3) is 0.455. The third-order valence-corrected chi connectivity index (χ3v) is 4.72. The normalized spacial score (nSPS) is 11.6. The lowest BCUT2D eigenvalue weighted by Crippen LogP contribution is -2.42. The zero-order valence-electron chi connectivity index (χ0n) is 17.3. The first-order valence-electron chi connectivity index (χ1n) is 9.57. The molecule has 0 radical (unpaired) electrons. The van der Waals surface area contributed by atoms with E-state index in [0.717, 1.165) is 5.39 Å². The first-order valence-corrected chi connectivity index (χ1v) is 9.57. The molecule has 2 aromatic rings. The number of amides is 1. The molecule has 0 aliphatic heterocycles. The fourth-order valence-corrected chi connectivity index (χ4v) is 3.03. The van der Waals surface area contributed by atoms with Gasteiger partial charge in [0.1, 0.15) is 12.4 Å². The summed E-state index contributed by atoms with van der Waals surface area (Å²) in [6.45, 7) is 10.3. The van der Waals surface area contributed by atoms with Crippen molar-refractivity contribution in [1.29, 1.82) is 0 Å². The number of rotatable bonds is 8. The molecule has 6 heteroatoms. The number of carboxylic acid groups (broad SMARTS) is 1. The van der Waals surface area contributed by atoms with Gasteiger partial charge >= 0.3 is 5.97 Å². The van der Waals surface area contributed by atoms with E-state index in [1.807, 2.05) is 52.8 Å². The molecule has 2 rings (SSSR count). The van der Waals surface area contributed by atoms with Gasteiger partial charge in [-0.2, -0.15) is 0 Å². The average molecular weight is 386 g/mol. The Bertz CT molecular complexity index is 888. The predicted octanol–water partition coefficient (Wildman–Crippen LogP) is 3.86. The monoisotopic (exact) mass is 386 g/mol. The minimum Gasteiger partial charge on any atom is -0.492 e. The molecule has 6 nitrogen and oxygen atoms in total. The quantitative estimate of drug-likeness (QED) is 0.598. The molecule has 1 amide bonds. The Kier molecular flexibility index (Phi) is 6.54. The largest absolute Gasteiger partial charge is 0.492 e. The van der Waals surface area contributed by atoms with Gasteiger partial charge in [-0.1, -0.05) is 39.0 Å². The van der Waals surface area contributed by atoms with Crippen LogP contribution in [0.1, 0.15) is 50.5 Å². The number of carboxylic acids is 1. The summed E-state index contributed by atoms with van der Waals surface area (Å²) in [4.78, 5) is 24.2. The lowest BCUT2D eigenvalue weighted by molar-refractivity contribution is -0.130. The SMILES string of the molecule is CCc1cc2cccc(OCC(C)(C)C(=O)NCC(C)C)c2c(N)c1C(=O)O. The Labute approximate surface area is 166 Å². The molecule has 0 saturated heterocycles. The van der Waals surface area contributed by atoms with E-state index in [0.29, 0.717) is 35.6 Å². The summed E-state index contributed by atoms with van der Waals surface area (Å²) >= 11 is 0. The van der Waals surface area contributed by atoms with Crippen molar-refractivity contribution < 1.29 is 19.4 Å². The topological polar surface area (TPSA) is 102 Å². The van der Waals surface area contributed by atoms with Crippen molar-refractivity contribution in [3.63, 3.8) is 0 Å². The molecule has 0 unspecified atom stereocenters. The van der Waals surface area contributed by atoms with Crippen molar-refractivity contribution >= 4 is 28.3 Å². The number of hydrogen-bond donors (Lipinski definition) is 3. The zero-order valence-corrected chi connectivity index (χ0v) is 17.3. The molecule has 28 heavy (non-hydrogen) atoms. The van der Waals surface area contributed by atoms with Crippen molar-refractivity contribution in [1.82, 2.24) is 5.32 Å². The highest BCUT2D eigenvalue weighted by molar-refractivity contribution is 6.08. The highest BCUT2D eigenvalue weighted by Crippen LogP contribution is 2.36. The molecule has 0 fully saturated rings. The third kappa shape index (κ3) is 4.55. The highest BCUT2D eigenvalue weighted by Gasteiger charge is 2.29. The smallest absolute Gasteiger partial charge is 0.338 e. The number of carbonyl (C=O) groups is 2. The Morgan fingerprint density at radius 3 is 2.54 bits per heavy atom. The van der Waals surface area contributed by atoms with Crippen molar-refractivity contribution in [3.8, 4) is 5.75 Å². The molecule has 0 aliphatic rings. The minimum absolute atomic E-state index is 0.0890. The number of fused-ring (bicyclic) bond motifs is 1. The number of nitrogen functional groups attached to an aromatic ring is 1. The van der Waals surface area contributed by atoms with Gasteiger partial charge in [0.05, 0.1) is 16.7 Å². The molecule has 152 valence electrons. The lowest BCUT2D eigenvalue weighted by Gasteiger charge is -2.25. The number of anilines is 1. The van der Waals surface area contributed by atoms with Crippen LogP contribution in [0.2, 0.25) is 0 Å². The van der Waals surface area contributed by atoms with Crippen LogP contribution in [0.4, 0.5) is 5.69 Å². The molecule has 4 N–H and O–H groups in total. The van der Waals surface area contributed by atoms with Crippen LogP contribution in [0.5, 0.6) is 5.75 Å². The van der Waals surface area contributed by atoms with E-state index in [9.17, 15) is 14.7 Å². The Hall–Kier alpha value is -2.76. The van der Waals surface area contributed by atoms with Gasteiger partial charge < -0.3 is 20.9 Å². The van der Waals surface area contributed by atoms with Crippen molar-refractivity contribution in [2.75, 3.05) is 18.9 Å². The lowest BCUT2D eigenvalue weighted by atomic mass is 9.93. The highest BCUT2D eigenvalue weighted by atomic mass is 16.5. The van der Waals surface area contributed by atoms with Crippen LogP contribution >= 0.6 is 0 Å². The van der Waals surface area contributed by atoms with Gasteiger partial charge in [0.2, 0.25) is 5.91 Å². The van der Waals surface area contributed by atoms with Crippen molar-refractivity contribution in [2.45, 2.75) is 41.0 Å². The molecular weight excluding hydrogens is 356 g/mol. The molecule has 0 saturated carbocycles. The predicted molar refractivity (Wildman–Crippen MR) is 112 cm³/mol. The van der Waals surface area contributed by atoms with E-state index < -0.39 is 11.4 Å². The minimum atomic E-state index is -1.06. The number of nitrogens with one attached hydrogen (secondary N) is 1. The summed E-state index contributed by atoms with van der Waals surface area (Å²) in [6, 6.07) is 7.30. The van der Waals surface area contributed by atoms with E-state index >= 15 is 0 Å². The van der Waals surface area contributed by atoms with Gasteiger partial charge in [-0.05, 0) is 43.2 Å². The maximum atomic E-state index is 12.5. The van der Waals surface area contributed by atoms with Crippen LogP contribution in [0.15, 0.2) is 24.3 Å². The molecule has 0 aliphatic carbocycles. The maximum absolute atomic E-state index is 12.5. The molecule has 0 heterocycles. The van der Waals surface area contributed by atoms with E-state index in [2.05, 4.69) is 5.32 Å². The summed E-state index contributed by atoms with van der Waals surface area (Å²) in [5.41, 5.74) is 6.48. The number of benzene rings is 2. The van der Waals surface area contributed by atoms with Crippen LogP contribution in [-0.2, 0) is 11.2 Å². The second-order valence-electron chi connectivity index (χ2n) is 8.11. The van der Waals surface area contributed by atoms with Gasteiger partial charge in [-0.25, -0.2) is 4.79 Å². The summed E-state index contributed by atoms with van der Waals surface area (Å²) in [6.07, 6.45) is 0.565. The maximum Gasteiger partial charge on any atom is 0.338 e. The van der Waals surface area contributed by atoms with Crippen LogP contribution in [0, 0.1) is 11.3 Å². The number of ether oxygens (including phenoxy) is 1. The standard InChI is InChI=1S/C22H30N2O4/c1-6-14-10-15-8-7-9-16(17(15)19(23)18(14)20(25)26)28-12-22(4,5)21(27)24-11-13(2)3/h7-10,13H,6,11-12,23H2,1-5H3,(H,24,27)(H,25,26). The first-order chi connectivity index (χ1) is 13.1. The molecule has 0 spiro atoms. The van der Waals surface area contributed by atoms with Gasteiger partial charge in [0.25, 0.3) is 0 Å². The van der Waals surface area contributed by atoms with Crippen LogP contribution in [-0.4, -0.2) is 30.1 Å². The van der Waals surface area contributed by atoms with E-state index in [1.165, 1.54) is 0 Å². The van der Waals surface area contributed by atoms with Crippen molar-refractivity contribution in [3.05, 3.63) is 35.4 Å². The van der Waals surface area contributed by atoms with Crippen molar-refractivity contribution in [2.24, 2.45) is 11.3 Å². The molecule has 2 aromatic carbocycles. The fourth-order valence-electron chi connectivity index (χ4n) is 3.03. The second-order valence-corrected chi connectivity index (χ2v) is 8.11. The Balaban J connectivity index is 2.36. The van der Waals surface area contributed by atoms with Crippen LogP contribution in [0.25, 0.3) is 10.8 Å². The van der Waals surface area contributed by atoms with Crippen LogP contribution < -0.4 is 15.8 Å². The Morgan fingerprint density at radius 2 is 1.96 bits per heavy atom. The third-order valence-electron chi connectivity index (χ3n) is 4.72. The van der Waals surface area contributed by atoms with Gasteiger partial charge in [-0.3, -0.25) is 4.79 Å². The Morgan fingerprint density at radius 1 is 1.29 bits per heavy atom. The zero-order chi connectivity index (χ0) is 21.1. The number of aromatic carboxylic acids is 1. The van der Waals surface area contributed by atoms with E-state index in [4.69, 9.17) is 10.5 Å². The molecule has 0 atom stereocenters. The molecular formula is C22H30N2O4. The number of nitrogens with two attached hydrogens (primary N) is 1.